The van der Waals surface area contributed by atoms with Crippen molar-refractivity contribution in [2.75, 3.05) is 5.88 Å². The maximum atomic E-state index is 9.58. The predicted octanol–water partition coefficient (Wildman–Crippen LogP) is 1.26. The summed E-state index contributed by atoms with van der Waals surface area (Å²) in [6, 6.07) is 0. The lowest BCUT2D eigenvalue weighted by Gasteiger charge is -2.15. The highest BCUT2D eigenvalue weighted by Gasteiger charge is 2.19. The number of aromatic nitrogens is 2. The van der Waals surface area contributed by atoms with Crippen LogP contribution in [0.1, 0.15) is 18.2 Å². The smallest absolute Gasteiger partial charge is 0.124 e. The van der Waals surface area contributed by atoms with E-state index in [1.165, 1.54) is 12.4 Å². The van der Waals surface area contributed by atoms with E-state index in [0.29, 0.717) is 22.6 Å². The van der Waals surface area contributed by atoms with Gasteiger partial charge in [0.15, 0.2) is 0 Å². The summed E-state index contributed by atoms with van der Waals surface area (Å²) in [6.07, 6.45) is 1.26. The molecule has 1 aromatic rings. The highest BCUT2D eigenvalue weighted by Crippen LogP contribution is 2.17. The van der Waals surface area contributed by atoms with Crippen LogP contribution in [0.2, 0.25) is 0 Å². The third-order valence-corrected chi connectivity index (χ3v) is 2.34. The minimum Gasteiger partial charge on any atom is -0.390 e. The molecule has 78 valence electrons. The van der Waals surface area contributed by atoms with Gasteiger partial charge in [0.25, 0.3) is 0 Å². The molecule has 6 heteroatoms. The van der Waals surface area contributed by atoms with Crippen LogP contribution < -0.4 is 0 Å². The van der Waals surface area contributed by atoms with Gasteiger partial charge in [-0.25, -0.2) is 4.98 Å². The summed E-state index contributed by atoms with van der Waals surface area (Å²) in [6.45, 7) is 0. The van der Waals surface area contributed by atoms with Gasteiger partial charge < -0.3 is 10.2 Å². The normalized spacial score (nSPS) is 15.1. The summed E-state index contributed by atoms with van der Waals surface area (Å²) in [4.78, 5) is 7.81. The van der Waals surface area contributed by atoms with Crippen molar-refractivity contribution in [2.24, 2.45) is 0 Å². The first-order valence-electron chi connectivity index (χ1n) is 4.04. The van der Waals surface area contributed by atoms with Crippen molar-refractivity contribution >= 4 is 27.5 Å². The third kappa shape index (κ3) is 3.16. The summed E-state index contributed by atoms with van der Waals surface area (Å²) in [5, 5.41) is 19.0. The van der Waals surface area contributed by atoms with E-state index in [0.717, 1.165) is 0 Å². The van der Waals surface area contributed by atoms with Gasteiger partial charge in [-0.3, -0.25) is 4.98 Å². The number of alkyl halides is 1. The van der Waals surface area contributed by atoms with Gasteiger partial charge in [-0.1, -0.05) is 0 Å². The Kier molecular flexibility index (Phi) is 4.74. The number of aliphatic hydroxyl groups is 2. The molecule has 1 rings (SSSR count). The second-order valence-electron chi connectivity index (χ2n) is 2.75. The van der Waals surface area contributed by atoms with Gasteiger partial charge in [-0.15, -0.1) is 11.6 Å². The first-order chi connectivity index (χ1) is 6.65. The van der Waals surface area contributed by atoms with Crippen LogP contribution in [0.25, 0.3) is 0 Å². The molecule has 0 bridgehead atoms. The van der Waals surface area contributed by atoms with Crippen molar-refractivity contribution in [3.05, 3.63) is 22.7 Å². The molecule has 0 aromatic carbocycles. The van der Waals surface area contributed by atoms with Gasteiger partial charge in [-0.2, -0.15) is 0 Å². The molecule has 2 atom stereocenters. The van der Waals surface area contributed by atoms with Gasteiger partial charge in [0.1, 0.15) is 10.7 Å². The molecule has 0 aliphatic rings. The van der Waals surface area contributed by atoms with Crippen LogP contribution in [0.4, 0.5) is 0 Å². The lowest BCUT2D eigenvalue weighted by molar-refractivity contribution is 0.0142. The molecule has 0 fully saturated rings. The molecule has 14 heavy (non-hydrogen) atoms. The van der Waals surface area contributed by atoms with Crippen molar-refractivity contribution in [2.45, 2.75) is 18.6 Å². The summed E-state index contributed by atoms with van der Waals surface area (Å²) in [7, 11) is 0. The minimum absolute atomic E-state index is 0.294. The monoisotopic (exact) mass is 280 g/mol. The number of halogens is 2. The highest BCUT2D eigenvalue weighted by atomic mass is 79.9. The number of aliphatic hydroxyl groups excluding tert-OH is 2. The van der Waals surface area contributed by atoms with Crippen molar-refractivity contribution in [1.82, 2.24) is 9.97 Å². The minimum atomic E-state index is -1.03. The summed E-state index contributed by atoms with van der Waals surface area (Å²) in [5.74, 6) is 0.294. The van der Waals surface area contributed by atoms with Gasteiger partial charge in [0.05, 0.1) is 24.2 Å². The Morgan fingerprint density at radius 2 is 2.07 bits per heavy atom. The van der Waals surface area contributed by atoms with Gasteiger partial charge >= 0.3 is 0 Å². The Morgan fingerprint density at radius 1 is 1.36 bits per heavy atom. The zero-order valence-electron chi connectivity index (χ0n) is 7.27. The molecule has 2 N–H and O–H groups in total. The SMILES string of the molecule is OC(CCCl)C(O)c1cnc(Br)cn1. The highest BCUT2D eigenvalue weighted by molar-refractivity contribution is 9.10. The van der Waals surface area contributed by atoms with E-state index in [4.69, 9.17) is 11.6 Å². The van der Waals surface area contributed by atoms with Gasteiger partial charge in [0, 0.05) is 5.88 Å². The molecule has 0 radical (unpaired) electrons. The quantitative estimate of drug-likeness (QED) is 0.816. The van der Waals surface area contributed by atoms with E-state index in [1.54, 1.807) is 0 Å². The molecule has 1 heterocycles. The van der Waals surface area contributed by atoms with E-state index in [2.05, 4.69) is 25.9 Å². The zero-order chi connectivity index (χ0) is 10.6. The molecule has 0 saturated carbocycles. The molecular formula is C8H10BrClN2O2. The molecule has 0 spiro atoms. The van der Waals surface area contributed by atoms with Crippen LogP contribution in [-0.2, 0) is 0 Å². The largest absolute Gasteiger partial charge is 0.390 e. The molecule has 0 amide bonds. The Balaban J connectivity index is 2.68. The molecule has 1 aromatic heterocycles. The molecule has 2 unspecified atom stereocenters. The van der Waals surface area contributed by atoms with Crippen molar-refractivity contribution in [3.8, 4) is 0 Å². The van der Waals surface area contributed by atoms with Crippen molar-refractivity contribution in [3.63, 3.8) is 0 Å². The fourth-order valence-electron chi connectivity index (χ4n) is 0.942. The Bertz CT molecular complexity index is 283. The Morgan fingerprint density at radius 3 is 2.57 bits per heavy atom. The average molecular weight is 282 g/mol. The first-order valence-corrected chi connectivity index (χ1v) is 5.37. The van der Waals surface area contributed by atoms with Crippen LogP contribution in [0.5, 0.6) is 0 Å². The van der Waals surface area contributed by atoms with Crippen LogP contribution in [0, 0.1) is 0 Å². The lowest BCUT2D eigenvalue weighted by Crippen LogP contribution is -2.19. The summed E-state index contributed by atoms with van der Waals surface area (Å²) in [5.41, 5.74) is 0.339. The van der Waals surface area contributed by atoms with E-state index in [-0.39, 0.29) is 0 Å². The Labute approximate surface area is 95.1 Å². The Hall–Kier alpha value is -0.230. The lowest BCUT2D eigenvalue weighted by atomic mass is 10.1. The van der Waals surface area contributed by atoms with E-state index in [9.17, 15) is 10.2 Å². The van der Waals surface area contributed by atoms with Gasteiger partial charge in [-0.05, 0) is 22.4 Å². The van der Waals surface area contributed by atoms with Crippen LogP contribution in [-0.4, -0.2) is 32.2 Å². The average Bonchev–Trinajstić information content (AvgIpc) is 2.18. The molecule has 0 aliphatic carbocycles. The first kappa shape index (κ1) is 11.8. The van der Waals surface area contributed by atoms with Crippen LogP contribution in [0.3, 0.4) is 0 Å². The van der Waals surface area contributed by atoms with Crippen LogP contribution in [0.15, 0.2) is 17.0 Å². The van der Waals surface area contributed by atoms with E-state index in [1.807, 2.05) is 0 Å². The van der Waals surface area contributed by atoms with Crippen molar-refractivity contribution < 1.29 is 10.2 Å². The maximum absolute atomic E-state index is 9.58. The zero-order valence-corrected chi connectivity index (χ0v) is 9.61. The number of hydrogen-bond acceptors (Lipinski definition) is 4. The number of hydrogen-bond donors (Lipinski definition) is 2. The van der Waals surface area contributed by atoms with E-state index >= 15 is 0 Å². The van der Waals surface area contributed by atoms with Gasteiger partial charge in [0.2, 0.25) is 0 Å². The molecular weight excluding hydrogens is 271 g/mol. The molecule has 0 saturated heterocycles. The summed E-state index contributed by atoms with van der Waals surface area (Å²) < 4.78 is 0.584. The standard InChI is InChI=1S/C8H10BrClN2O2/c9-7-4-11-5(3-12-7)8(14)6(13)1-2-10/h3-4,6,8,13-14H,1-2H2. The number of nitrogens with zero attached hydrogens (tertiary/aromatic N) is 2. The second kappa shape index (κ2) is 5.60. The summed E-state index contributed by atoms with van der Waals surface area (Å²) >= 11 is 8.56. The maximum Gasteiger partial charge on any atom is 0.124 e. The number of rotatable bonds is 4. The fourth-order valence-corrected chi connectivity index (χ4v) is 1.37. The van der Waals surface area contributed by atoms with E-state index < -0.39 is 12.2 Å². The topological polar surface area (TPSA) is 66.2 Å². The predicted molar refractivity (Wildman–Crippen MR) is 56.0 cm³/mol. The molecule has 4 nitrogen and oxygen atoms in total. The second-order valence-corrected chi connectivity index (χ2v) is 3.94. The van der Waals surface area contributed by atoms with Crippen LogP contribution >= 0.6 is 27.5 Å². The molecule has 0 aliphatic heterocycles. The fraction of sp³-hybridized carbons (Fsp3) is 0.500. The third-order valence-electron chi connectivity index (χ3n) is 1.71. The van der Waals surface area contributed by atoms with Crippen molar-refractivity contribution in [1.29, 1.82) is 0 Å².